The Hall–Kier alpha value is -7.36. The van der Waals surface area contributed by atoms with Crippen molar-refractivity contribution < 1.29 is 0 Å². The van der Waals surface area contributed by atoms with Gasteiger partial charge in [-0.15, -0.1) is 0 Å². The lowest BCUT2D eigenvalue weighted by atomic mass is 9.33. The van der Waals surface area contributed by atoms with Crippen molar-refractivity contribution in [1.82, 2.24) is 0 Å². The molecule has 2 heterocycles. The Morgan fingerprint density at radius 1 is 0.377 bits per heavy atom. The van der Waals surface area contributed by atoms with Crippen molar-refractivity contribution in [2.45, 2.75) is 76.5 Å². The minimum Gasteiger partial charge on any atom is -0.311 e. The van der Waals surface area contributed by atoms with E-state index in [1.807, 2.05) is 0 Å². The van der Waals surface area contributed by atoms with Gasteiger partial charge in [-0.1, -0.05) is 180 Å². The van der Waals surface area contributed by atoms with Crippen molar-refractivity contribution >= 4 is 57.2 Å². The van der Waals surface area contributed by atoms with Crippen LogP contribution in [0, 0.1) is 0 Å². The van der Waals surface area contributed by atoms with E-state index in [2.05, 4.69) is 232 Å². The summed E-state index contributed by atoms with van der Waals surface area (Å²) in [5.74, 6) is 0.534. The summed E-state index contributed by atoms with van der Waals surface area (Å²) in [4.78, 5) is 5.19. The predicted octanol–water partition coefficient (Wildman–Crippen LogP) is 15.8. The largest absolute Gasteiger partial charge is 0.311 e. The normalized spacial score (nSPS) is 16.5. The van der Waals surface area contributed by atoms with E-state index in [0.717, 1.165) is 0 Å². The quantitative estimate of drug-likeness (QED) is 0.159. The van der Waals surface area contributed by atoms with Crippen molar-refractivity contribution in [2.75, 3.05) is 9.80 Å². The van der Waals surface area contributed by atoms with Crippen molar-refractivity contribution in [3.63, 3.8) is 0 Å². The van der Waals surface area contributed by atoms with Crippen LogP contribution in [0.2, 0.25) is 0 Å². The topological polar surface area (TPSA) is 6.48 Å². The van der Waals surface area contributed by atoms with Crippen LogP contribution in [-0.4, -0.2) is 6.71 Å². The molecule has 0 N–H and O–H groups in total. The van der Waals surface area contributed by atoms with Crippen molar-refractivity contribution in [2.24, 2.45) is 0 Å². The van der Waals surface area contributed by atoms with Crippen LogP contribution in [-0.2, 0) is 10.8 Å². The number of para-hydroxylation sites is 2. The van der Waals surface area contributed by atoms with Crippen LogP contribution in [0.3, 0.4) is 0 Å². The van der Waals surface area contributed by atoms with Gasteiger partial charge in [0.2, 0.25) is 0 Å². The van der Waals surface area contributed by atoms with Gasteiger partial charge in [0.25, 0.3) is 6.71 Å². The molecule has 0 radical (unpaired) electrons. The molecule has 69 heavy (non-hydrogen) atoms. The van der Waals surface area contributed by atoms with Crippen LogP contribution >= 0.6 is 0 Å². The smallest absolute Gasteiger partial charge is 0.252 e. The number of anilines is 6. The molecule has 0 bridgehead atoms. The molecular formula is C66H55BN2. The number of nitrogens with zero attached hydrogens (tertiary/aromatic N) is 2. The first-order chi connectivity index (χ1) is 33.7. The van der Waals surface area contributed by atoms with Crippen LogP contribution in [0.1, 0.15) is 93.5 Å². The molecule has 332 valence electrons. The third kappa shape index (κ3) is 5.99. The maximum Gasteiger partial charge on any atom is 0.252 e. The molecule has 1 saturated carbocycles. The fourth-order valence-electron chi connectivity index (χ4n) is 13.5. The molecule has 2 aliphatic heterocycles. The number of rotatable bonds is 5. The molecule has 5 aliphatic rings. The summed E-state index contributed by atoms with van der Waals surface area (Å²) >= 11 is 0. The van der Waals surface area contributed by atoms with E-state index in [1.54, 1.807) is 0 Å². The molecule has 9 aromatic carbocycles. The minimum atomic E-state index is -0.0762. The fraction of sp³-hybridized carbons (Fsp3) is 0.182. The van der Waals surface area contributed by atoms with Gasteiger partial charge < -0.3 is 9.80 Å². The van der Waals surface area contributed by atoms with Gasteiger partial charge >= 0.3 is 0 Å². The molecule has 3 heteroatoms. The summed E-state index contributed by atoms with van der Waals surface area (Å²) in [5, 5.41) is 0. The van der Waals surface area contributed by atoms with Crippen LogP contribution in [0.4, 0.5) is 34.1 Å². The van der Waals surface area contributed by atoms with E-state index in [9.17, 15) is 0 Å². The second kappa shape index (κ2) is 15.1. The van der Waals surface area contributed by atoms with Gasteiger partial charge in [-0.3, -0.25) is 0 Å². The molecule has 3 aliphatic carbocycles. The van der Waals surface area contributed by atoms with Gasteiger partial charge in [0, 0.05) is 45.0 Å². The van der Waals surface area contributed by atoms with Gasteiger partial charge in [-0.2, -0.15) is 0 Å². The molecular weight excluding hydrogens is 832 g/mol. The first-order valence-corrected chi connectivity index (χ1v) is 25.4. The predicted molar refractivity (Wildman–Crippen MR) is 292 cm³/mol. The lowest BCUT2D eigenvalue weighted by molar-refractivity contribution is 0.444. The molecule has 0 atom stereocenters. The molecule has 0 amide bonds. The molecule has 1 fully saturated rings. The van der Waals surface area contributed by atoms with Crippen molar-refractivity contribution in [3.8, 4) is 44.5 Å². The molecule has 9 aromatic rings. The Balaban J connectivity index is 0.968. The Morgan fingerprint density at radius 2 is 0.855 bits per heavy atom. The Bertz CT molecular complexity index is 3560. The van der Waals surface area contributed by atoms with Crippen molar-refractivity contribution in [1.29, 1.82) is 0 Å². The number of benzene rings is 9. The standard InChI is InChI=1S/C66H55BN2/c1-65(2)54-23-13-11-21-50(54)52-34-29-44(37-56(52)65)43-27-32-49(33-28-43)69-61-36-31-46(45-30-35-53-51-22-12-14-24-55(51)66(3,4)57(53)38-45)39-59(61)67-58-25-15-16-26-60(58)68(48-19-9-6-10-20-48)62-40-47(41-63(69)64(62)67)42-17-7-5-8-18-42/h6,9-16,19-42H,5,7-8,17-18H2,1-4H3. The first-order valence-electron chi connectivity index (χ1n) is 25.4. The van der Waals surface area contributed by atoms with Crippen LogP contribution in [0.15, 0.2) is 194 Å². The summed E-state index contributed by atoms with van der Waals surface area (Å²) in [6, 6.07) is 74.6. The minimum absolute atomic E-state index is 0.0473. The molecule has 0 spiro atoms. The van der Waals surface area contributed by atoms with E-state index in [4.69, 9.17) is 0 Å². The third-order valence-corrected chi connectivity index (χ3v) is 17.0. The average Bonchev–Trinajstić information content (AvgIpc) is 3.77. The SMILES string of the molecule is CC1(C)c2ccccc2-c2ccc(-c3ccc(N4c5ccc(-c6ccc7c(c6)C(C)(C)c6ccccc6-7)cc5B5c6ccccc6N(c6ccccc6)c6cc(C7CCCCC7)cc4c65)cc3)cc21. The summed E-state index contributed by atoms with van der Waals surface area (Å²) in [6.07, 6.45) is 6.39. The lowest BCUT2D eigenvalue weighted by Gasteiger charge is -2.45. The van der Waals surface area contributed by atoms with Gasteiger partial charge in [-0.25, -0.2) is 0 Å². The summed E-state index contributed by atoms with van der Waals surface area (Å²) in [5.41, 5.74) is 29.0. The van der Waals surface area contributed by atoms with Gasteiger partial charge in [0.05, 0.1) is 0 Å². The number of hydrogen-bond donors (Lipinski definition) is 0. The maximum atomic E-state index is 2.62. The highest BCUT2D eigenvalue weighted by molar-refractivity contribution is 7.00. The fourth-order valence-corrected chi connectivity index (χ4v) is 13.5. The molecule has 14 rings (SSSR count). The van der Waals surface area contributed by atoms with Crippen molar-refractivity contribution in [3.05, 3.63) is 222 Å². The van der Waals surface area contributed by atoms with E-state index in [0.29, 0.717) is 5.92 Å². The first kappa shape index (κ1) is 40.7. The maximum absolute atomic E-state index is 2.62. The van der Waals surface area contributed by atoms with E-state index < -0.39 is 0 Å². The highest BCUT2D eigenvalue weighted by atomic mass is 15.2. The zero-order valence-corrected chi connectivity index (χ0v) is 40.1. The molecule has 0 aromatic heterocycles. The van der Waals surface area contributed by atoms with Gasteiger partial charge in [0.15, 0.2) is 0 Å². The second-order valence-electron chi connectivity index (χ2n) is 21.5. The molecule has 0 saturated heterocycles. The summed E-state index contributed by atoms with van der Waals surface area (Å²) in [6.45, 7) is 9.57. The van der Waals surface area contributed by atoms with Crippen LogP contribution < -0.4 is 26.2 Å². The van der Waals surface area contributed by atoms with Gasteiger partial charge in [0.1, 0.15) is 0 Å². The number of fused-ring (bicyclic) bond motifs is 10. The van der Waals surface area contributed by atoms with E-state index in [1.165, 1.54) is 155 Å². The zero-order chi connectivity index (χ0) is 46.2. The van der Waals surface area contributed by atoms with Crippen LogP contribution in [0.5, 0.6) is 0 Å². The van der Waals surface area contributed by atoms with Gasteiger partial charge in [-0.05, 0) is 168 Å². The highest BCUT2D eigenvalue weighted by Crippen LogP contribution is 2.52. The highest BCUT2D eigenvalue weighted by Gasteiger charge is 2.44. The van der Waals surface area contributed by atoms with E-state index in [-0.39, 0.29) is 17.5 Å². The zero-order valence-electron chi connectivity index (χ0n) is 40.1. The summed E-state index contributed by atoms with van der Waals surface area (Å²) in [7, 11) is 0. The second-order valence-corrected chi connectivity index (χ2v) is 21.5. The third-order valence-electron chi connectivity index (χ3n) is 17.0. The Morgan fingerprint density at radius 3 is 1.49 bits per heavy atom. The summed E-state index contributed by atoms with van der Waals surface area (Å²) < 4.78 is 0. The Kier molecular flexibility index (Phi) is 8.89. The monoisotopic (exact) mass is 886 g/mol. The van der Waals surface area contributed by atoms with Crippen LogP contribution in [0.25, 0.3) is 44.5 Å². The lowest BCUT2D eigenvalue weighted by Crippen LogP contribution is -2.61. The average molecular weight is 887 g/mol. The van der Waals surface area contributed by atoms with E-state index >= 15 is 0 Å². The molecule has 2 nitrogen and oxygen atoms in total. The number of hydrogen-bond acceptors (Lipinski definition) is 2. The Labute approximate surface area is 408 Å². The molecule has 0 unspecified atom stereocenters.